The van der Waals surface area contributed by atoms with Crippen LogP contribution in [0.4, 0.5) is 0 Å². The van der Waals surface area contributed by atoms with Crippen molar-refractivity contribution >= 4 is 27.3 Å². The van der Waals surface area contributed by atoms with E-state index in [0.717, 1.165) is 6.42 Å². The third-order valence-electron chi connectivity index (χ3n) is 3.42. The topological polar surface area (TPSA) is 20.2 Å². The molecule has 1 N–H and O–H groups in total. The lowest BCUT2D eigenvalue weighted by Crippen LogP contribution is -2.30. The lowest BCUT2D eigenvalue weighted by molar-refractivity contribution is 0.0831. The number of rotatable bonds is 3. The molecule has 3 heteroatoms. The molecule has 1 saturated carbocycles. The van der Waals surface area contributed by atoms with Gasteiger partial charge in [0, 0.05) is 21.3 Å². The second-order valence-electron chi connectivity index (χ2n) is 4.63. The summed E-state index contributed by atoms with van der Waals surface area (Å²) in [4.78, 5) is 1.40. The van der Waals surface area contributed by atoms with Gasteiger partial charge in [0.1, 0.15) is 0 Å². The SMILES string of the molecule is OCC1(Cc2cc(Br)cs2)CCCCC1. The first-order valence-corrected chi connectivity index (χ1v) is 7.25. The predicted molar refractivity (Wildman–Crippen MR) is 68.3 cm³/mol. The molecule has 0 unspecified atom stereocenters. The smallest absolute Gasteiger partial charge is 0.0490 e. The van der Waals surface area contributed by atoms with Crippen LogP contribution in [-0.4, -0.2) is 11.7 Å². The van der Waals surface area contributed by atoms with Crippen molar-refractivity contribution in [3.63, 3.8) is 0 Å². The molecule has 84 valence electrons. The number of hydrogen-bond acceptors (Lipinski definition) is 2. The fourth-order valence-electron chi connectivity index (χ4n) is 2.51. The van der Waals surface area contributed by atoms with E-state index in [0.29, 0.717) is 6.61 Å². The highest BCUT2D eigenvalue weighted by Crippen LogP contribution is 2.40. The monoisotopic (exact) mass is 288 g/mol. The van der Waals surface area contributed by atoms with Crippen molar-refractivity contribution in [2.45, 2.75) is 38.5 Å². The van der Waals surface area contributed by atoms with Gasteiger partial charge in [0.25, 0.3) is 0 Å². The average molecular weight is 289 g/mol. The zero-order valence-corrected chi connectivity index (χ0v) is 11.2. The zero-order valence-electron chi connectivity index (χ0n) is 8.84. The number of aliphatic hydroxyl groups excluding tert-OH is 1. The Morgan fingerprint density at radius 2 is 2.07 bits per heavy atom. The van der Waals surface area contributed by atoms with E-state index in [2.05, 4.69) is 27.4 Å². The van der Waals surface area contributed by atoms with Crippen LogP contribution in [-0.2, 0) is 6.42 Å². The first kappa shape index (κ1) is 11.6. The minimum Gasteiger partial charge on any atom is -0.396 e. The molecule has 1 fully saturated rings. The molecule has 0 bridgehead atoms. The van der Waals surface area contributed by atoms with Crippen molar-refractivity contribution in [2.75, 3.05) is 6.61 Å². The summed E-state index contributed by atoms with van der Waals surface area (Å²) >= 11 is 5.28. The summed E-state index contributed by atoms with van der Waals surface area (Å²) in [5.74, 6) is 0. The molecule has 0 aromatic carbocycles. The van der Waals surface area contributed by atoms with Crippen molar-refractivity contribution < 1.29 is 5.11 Å². The van der Waals surface area contributed by atoms with Crippen molar-refractivity contribution in [1.29, 1.82) is 0 Å². The van der Waals surface area contributed by atoms with E-state index in [9.17, 15) is 5.11 Å². The molecule has 1 nitrogen and oxygen atoms in total. The van der Waals surface area contributed by atoms with Crippen LogP contribution in [0.1, 0.15) is 37.0 Å². The van der Waals surface area contributed by atoms with E-state index in [-0.39, 0.29) is 5.41 Å². The second kappa shape index (κ2) is 4.98. The molecule has 15 heavy (non-hydrogen) atoms. The summed E-state index contributed by atoms with van der Waals surface area (Å²) in [6.45, 7) is 0.350. The summed E-state index contributed by atoms with van der Waals surface area (Å²) in [6, 6.07) is 2.19. The normalized spacial score (nSPS) is 20.4. The summed E-state index contributed by atoms with van der Waals surface area (Å²) < 4.78 is 1.17. The first-order chi connectivity index (χ1) is 7.24. The maximum absolute atomic E-state index is 9.60. The lowest BCUT2D eigenvalue weighted by Gasteiger charge is -2.35. The van der Waals surface area contributed by atoms with Gasteiger partial charge in [-0.25, -0.2) is 0 Å². The zero-order chi connectivity index (χ0) is 10.7. The van der Waals surface area contributed by atoms with Gasteiger partial charge < -0.3 is 5.11 Å². The maximum Gasteiger partial charge on any atom is 0.0490 e. The molecule has 1 aliphatic rings. The van der Waals surface area contributed by atoms with Crippen LogP contribution in [0.3, 0.4) is 0 Å². The number of hydrogen-bond donors (Lipinski definition) is 1. The molecule has 1 aromatic rings. The highest BCUT2D eigenvalue weighted by atomic mass is 79.9. The van der Waals surface area contributed by atoms with E-state index in [1.807, 2.05) is 0 Å². The molecule has 0 spiro atoms. The van der Waals surface area contributed by atoms with Crippen LogP contribution in [0, 0.1) is 5.41 Å². The minimum atomic E-state index is 0.183. The third kappa shape index (κ3) is 2.83. The van der Waals surface area contributed by atoms with Crippen molar-refractivity contribution in [1.82, 2.24) is 0 Å². The fourth-order valence-corrected chi connectivity index (χ4v) is 4.13. The first-order valence-electron chi connectivity index (χ1n) is 5.58. The van der Waals surface area contributed by atoms with Crippen molar-refractivity contribution in [3.05, 3.63) is 20.8 Å². The Bertz CT molecular complexity index is 315. The minimum absolute atomic E-state index is 0.183. The summed E-state index contributed by atoms with van der Waals surface area (Å²) in [7, 11) is 0. The van der Waals surface area contributed by atoms with E-state index >= 15 is 0 Å². The molecular weight excluding hydrogens is 272 g/mol. The average Bonchev–Trinajstić information content (AvgIpc) is 2.65. The largest absolute Gasteiger partial charge is 0.396 e. The van der Waals surface area contributed by atoms with E-state index in [1.165, 1.54) is 41.5 Å². The van der Waals surface area contributed by atoms with Crippen LogP contribution < -0.4 is 0 Å². The summed E-state index contributed by atoms with van der Waals surface area (Å²) in [6.07, 6.45) is 7.36. The molecule has 0 saturated heterocycles. The van der Waals surface area contributed by atoms with Gasteiger partial charge in [-0.1, -0.05) is 19.3 Å². The second-order valence-corrected chi connectivity index (χ2v) is 6.54. The molecule has 0 atom stereocenters. The van der Waals surface area contributed by atoms with Gasteiger partial charge in [-0.15, -0.1) is 11.3 Å². The Kier molecular flexibility index (Phi) is 3.86. The Balaban J connectivity index is 2.06. The molecular formula is C12H17BrOS. The Labute approximate surface area is 104 Å². The van der Waals surface area contributed by atoms with Gasteiger partial charge >= 0.3 is 0 Å². The van der Waals surface area contributed by atoms with Crippen molar-refractivity contribution in [3.8, 4) is 0 Å². The van der Waals surface area contributed by atoms with Crippen LogP contribution in [0.25, 0.3) is 0 Å². The molecule has 1 aliphatic carbocycles. The lowest BCUT2D eigenvalue weighted by atomic mass is 9.72. The van der Waals surface area contributed by atoms with Crippen molar-refractivity contribution in [2.24, 2.45) is 5.41 Å². The van der Waals surface area contributed by atoms with Gasteiger partial charge in [-0.3, -0.25) is 0 Å². The molecule has 0 radical (unpaired) electrons. The Hall–Kier alpha value is 0.140. The number of halogens is 1. The van der Waals surface area contributed by atoms with Crippen LogP contribution in [0.15, 0.2) is 15.9 Å². The standard InChI is InChI=1S/C12H17BrOS/c13-10-6-11(15-8-10)7-12(9-14)4-2-1-3-5-12/h6,8,14H,1-5,7,9H2. The Morgan fingerprint density at radius 1 is 1.33 bits per heavy atom. The van der Waals surface area contributed by atoms with Gasteiger partial charge in [-0.05, 0) is 46.7 Å². The summed E-state index contributed by atoms with van der Waals surface area (Å²) in [5, 5.41) is 11.7. The number of thiophene rings is 1. The van der Waals surface area contributed by atoms with Crippen LogP contribution in [0.2, 0.25) is 0 Å². The molecule has 0 aliphatic heterocycles. The number of aliphatic hydroxyl groups is 1. The van der Waals surface area contributed by atoms with Gasteiger partial charge in [-0.2, -0.15) is 0 Å². The highest BCUT2D eigenvalue weighted by molar-refractivity contribution is 9.10. The molecule has 2 rings (SSSR count). The molecule has 1 aromatic heterocycles. The highest BCUT2D eigenvalue weighted by Gasteiger charge is 2.31. The summed E-state index contributed by atoms with van der Waals surface area (Å²) in [5.41, 5.74) is 0.183. The van der Waals surface area contributed by atoms with Crippen LogP contribution in [0.5, 0.6) is 0 Å². The van der Waals surface area contributed by atoms with Gasteiger partial charge in [0.05, 0.1) is 0 Å². The molecule has 1 heterocycles. The Morgan fingerprint density at radius 3 is 2.60 bits per heavy atom. The van der Waals surface area contributed by atoms with Gasteiger partial charge in [0.15, 0.2) is 0 Å². The maximum atomic E-state index is 9.60. The molecule has 0 amide bonds. The van der Waals surface area contributed by atoms with Crippen LogP contribution >= 0.6 is 27.3 Å². The third-order valence-corrected chi connectivity index (χ3v) is 5.12. The van der Waals surface area contributed by atoms with Gasteiger partial charge in [0.2, 0.25) is 0 Å². The fraction of sp³-hybridized carbons (Fsp3) is 0.667. The van der Waals surface area contributed by atoms with E-state index in [1.54, 1.807) is 11.3 Å². The quantitative estimate of drug-likeness (QED) is 0.892. The van der Waals surface area contributed by atoms with E-state index < -0.39 is 0 Å². The predicted octanol–water partition coefficient (Wildman–Crippen LogP) is 4.00. The van der Waals surface area contributed by atoms with E-state index in [4.69, 9.17) is 0 Å².